The number of anilines is 1. The first-order valence-electron chi connectivity index (χ1n) is 10.9. The zero-order valence-corrected chi connectivity index (χ0v) is 18.5. The Hall–Kier alpha value is -2.33. The third-order valence-electron chi connectivity index (χ3n) is 6.36. The van der Waals surface area contributed by atoms with Gasteiger partial charge < -0.3 is 14.7 Å². The molecule has 1 aromatic carbocycles. The SMILES string of the molecule is O=C(CN1CCCC1C(=O)N1CCSCC1)N1CCN(c2ccccc2[N+](=O)[O-])CC1. The lowest BCUT2D eigenvalue weighted by Crippen LogP contribution is -2.54. The normalized spacial score (nSPS) is 22.6. The minimum Gasteiger partial charge on any atom is -0.362 e. The molecular formula is C21H29N5O4S. The van der Waals surface area contributed by atoms with Crippen LogP contribution in [-0.4, -0.2) is 101 Å². The van der Waals surface area contributed by atoms with Gasteiger partial charge in [0.25, 0.3) is 5.69 Å². The number of carbonyl (C=O) groups excluding carboxylic acids is 2. The summed E-state index contributed by atoms with van der Waals surface area (Å²) in [5, 5.41) is 11.3. The minimum absolute atomic E-state index is 0.0381. The van der Waals surface area contributed by atoms with Gasteiger partial charge >= 0.3 is 0 Å². The van der Waals surface area contributed by atoms with E-state index in [9.17, 15) is 19.7 Å². The molecule has 9 nitrogen and oxygen atoms in total. The van der Waals surface area contributed by atoms with E-state index >= 15 is 0 Å². The first-order valence-corrected chi connectivity index (χ1v) is 12.1. The number of para-hydroxylation sites is 2. The molecule has 1 aromatic rings. The average molecular weight is 448 g/mol. The van der Waals surface area contributed by atoms with E-state index in [1.165, 1.54) is 6.07 Å². The number of rotatable bonds is 5. The van der Waals surface area contributed by atoms with Gasteiger partial charge in [0.05, 0.1) is 17.5 Å². The molecule has 10 heteroatoms. The molecule has 0 bridgehead atoms. The molecular weight excluding hydrogens is 418 g/mol. The van der Waals surface area contributed by atoms with Crippen molar-refractivity contribution in [2.75, 3.05) is 68.8 Å². The van der Waals surface area contributed by atoms with Crippen LogP contribution in [0.15, 0.2) is 24.3 Å². The molecule has 0 saturated carbocycles. The number of thioether (sulfide) groups is 1. The summed E-state index contributed by atoms with van der Waals surface area (Å²) >= 11 is 1.88. The third-order valence-corrected chi connectivity index (χ3v) is 7.30. The first kappa shape index (κ1) is 21.9. The number of nitro benzene ring substituents is 1. The second-order valence-corrected chi connectivity index (χ2v) is 9.40. The predicted octanol–water partition coefficient (Wildman–Crippen LogP) is 1.28. The third kappa shape index (κ3) is 4.95. The number of likely N-dealkylation sites (tertiary alicyclic amines) is 1. The summed E-state index contributed by atoms with van der Waals surface area (Å²) in [5.41, 5.74) is 0.696. The van der Waals surface area contributed by atoms with Crippen molar-refractivity contribution in [2.45, 2.75) is 18.9 Å². The van der Waals surface area contributed by atoms with E-state index in [0.717, 1.165) is 44.0 Å². The zero-order chi connectivity index (χ0) is 21.8. The van der Waals surface area contributed by atoms with Crippen LogP contribution in [0, 0.1) is 10.1 Å². The van der Waals surface area contributed by atoms with Crippen molar-refractivity contribution in [1.82, 2.24) is 14.7 Å². The van der Waals surface area contributed by atoms with E-state index in [0.29, 0.717) is 31.9 Å². The molecule has 3 heterocycles. The highest BCUT2D eigenvalue weighted by Crippen LogP contribution is 2.28. The molecule has 1 unspecified atom stereocenters. The highest BCUT2D eigenvalue weighted by molar-refractivity contribution is 7.99. The average Bonchev–Trinajstić information content (AvgIpc) is 3.27. The van der Waals surface area contributed by atoms with Crippen LogP contribution in [0.5, 0.6) is 0 Å². The van der Waals surface area contributed by atoms with E-state index in [2.05, 4.69) is 0 Å². The van der Waals surface area contributed by atoms with Gasteiger partial charge in [0.15, 0.2) is 0 Å². The zero-order valence-electron chi connectivity index (χ0n) is 17.6. The van der Waals surface area contributed by atoms with Crippen LogP contribution >= 0.6 is 11.8 Å². The van der Waals surface area contributed by atoms with Crippen molar-refractivity contribution in [3.05, 3.63) is 34.4 Å². The van der Waals surface area contributed by atoms with Crippen LogP contribution in [-0.2, 0) is 9.59 Å². The van der Waals surface area contributed by atoms with Crippen LogP contribution in [0.3, 0.4) is 0 Å². The quantitative estimate of drug-likeness (QED) is 0.496. The Morgan fingerprint density at radius 2 is 1.71 bits per heavy atom. The fourth-order valence-corrected chi connectivity index (χ4v) is 5.55. The summed E-state index contributed by atoms with van der Waals surface area (Å²) in [7, 11) is 0. The topological polar surface area (TPSA) is 90.2 Å². The van der Waals surface area contributed by atoms with Crippen molar-refractivity contribution in [2.24, 2.45) is 0 Å². The molecule has 0 N–H and O–H groups in total. The molecule has 0 aliphatic carbocycles. The Kier molecular flexibility index (Phi) is 6.96. The number of benzene rings is 1. The summed E-state index contributed by atoms with van der Waals surface area (Å²) in [6.07, 6.45) is 1.76. The maximum Gasteiger partial charge on any atom is 0.292 e. The number of hydrogen-bond acceptors (Lipinski definition) is 7. The fourth-order valence-electron chi connectivity index (χ4n) is 4.65. The van der Waals surface area contributed by atoms with Gasteiger partial charge in [-0.05, 0) is 25.5 Å². The van der Waals surface area contributed by atoms with Gasteiger partial charge in [0, 0.05) is 56.8 Å². The molecule has 168 valence electrons. The molecule has 3 aliphatic rings. The highest BCUT2D eigenvalue weighted by Gasteiger charge is 2.36. The van der Waals surface area contributed by atoms with E-state index in [-0.39, 0.29) is 35.0 Å². The molecule has 2 amide bonds. The van der Waals surface area contributed by atoms with Gasteiger partial charge in [-0.2, -0.15) is 11.8 Å². The smallest absolute Gasteiger partial charge is 0.292 e. The van der Waals surface area contributed by atoms with Crippen LogP contribution in [0.25, 0.3) is 0 Å². The maximum absolute atomic E-state index is 12.9. The monoisotopic (exact) mass is 447 g/mol. The summed E-state index contributed by atoms with van der Waals surface area (Å²) < 4.78 is 0. The Balaban J connectivity index is 1.32. The molecule has 3 saturated heterocycles. The first-order chi connectivity index (χ1) is 15.0. The molecule has 31 heavy (non-hydrogen) atoms. The summed E-state index contributed by atoms with van der Waals surface area (Å²) in [6.45, 7) is 4.83. The Labute approximate surface area is 186 Å². The molecule has 4 rings (SSSR count). The molecule has 3 fully saturated rings. The standard InChI is InChI=1S/C21H29N5O4S/c27-20(16-25-7-3-6-19(25)21(28)24-12-14-31-15-13-24)23-10-8-22(9-11-23)17-4-1-2-5-18(17)26(29)30/h1-2,4-5,19H,3,6-16H2. The lowest BCUT2D eigenvalue weighted by molar-refractivity contribution is -0.384. The highest BCUT2D eigenvalue weighted by atomic mass is 32.2. The second kappa shape index (κ2) is 9.86. The van der Waals surface area contributed by atoms with Gasteiger partial charge in [-0.15, -0.1) is 0 Å². The Morgan fingerprint density at radius 3 is 2.42 bits per heavy atom. The van der Waals surface area contributed by atoms with Crippen molar-refractivity contribution in [3.8, 4) is 0 Å². The largest absolute Gasteiger partial charge is 0.362 e. The fraction of sp³-hybridized carbons (Fsp3) is 0.619. The summed E-state index contributed by atoms with van der Waals surface area (Å²) in [4.78, 5) is 44.6. The van der Waals surface area contributed by atoms with E-state index in [1.54, 1.807) is 18.2 Å². The van der Waals surface area contributed by atoms with Gasteiger partial charge in [-0.1, -0.05) is 12.1 Å². The lowest BCUT2D eigenvalue weighted by atomic mass is 10.2. The summed E-state index contributed by atoms with van der Waals surface area (Å²) in [5.74, 6) is 2.19. The molecule has 1 atom stereocenters. The molecule has 3 aliphatic heterocycles. The van der Waals surface area contributed by atoms with Crippen LogP contribution in [0.4, 0.5) is 11.4 Å². The van der Waals surface area contributed by atoms with Gasteiger partial charge in [0.2, 0.25) is 11.8 Å². The van der Waals surface area contributed by atoms with Crippen molar-refractivity contribution >= 4 is 35.0 Å². The minimum atomic E-state index is -0.363. The number of nitro groups is 1. The maximum atomic E-state index is 12.9. The summed E-state index contributed by atoms with van der Waals surface area (Å²) in [6, 6.07) is 6.55. The van der Waals surface area contributed by atoms with Gasteiger partial charge in [-0.25, -0.2) is 0 Å². The van der Waals surface area contributed by atoms with Crippen LogP contribution in [0.1, 0.15) is 12.8 Å². The molecule has 0 radical (unpaired) electrons. The van der Waals surface area contributed by atoms with Crippen molar-refractivity contribution in [3.63, 3.8) is 0 Å². The molecule has 0 spiro atoms. The van der Waals surface area contributed by atoms with Crippen LogP contribution in [0.2, 0.25) is 0 Å². The van der Waals surface area contributed by atoms with Crippen molar-refractivity contribution in [1.29, 1.82) is 0 Å². The second-order valence-electron chi connectivity index (χ2n) is 8.18. The van der Waals surface area contributed by atoms with E-state index < -0.39 is 0 Å². The number of piperazine rings is 1. The number of nitrogens with zero attached hydrogens (tertiary/aromatic N) is 5. The Morgan fingerprint density at radius 1 is 1.00 bits per heavy atom. The van der Waals surface area contributed by atoms with Gasteiger partial charge in [0.1, 0.15) is 5.69 Å². The molecule has 0 aromatic heterocycles. The number of amides is 2. The lowest BCUT2D eigenvalue weighted by Gasteiger charge is -2.37. The predicted molar refractivity (Wildman–Crippen MR) is 120 cm³/mol. The van der Waals surface area contributed by atoms with Gasteiger partial charge in [-0.3, -0.25) is 24.6 Å². The van der Waals surface area contributed by atoms with E-state index in [1.807, 2.05) is 31.4 Å². The van der Waals surface area contributed by atoms with Crippen LogP contribution < -0.4 is 4.90 Å². The number of carbonyl (C=O) groups is 2. The number of hydrogen-bond donors (Lipinski definition) is 0. The van der Waals surface area contributed by atoms with Crippen molar-refractivity contribution < 1.29 is 14.5 Å². The Bertz CT molecular complexity index is 824. The van der Waals surface area contributed by atoms with E-state index in [4.69, 9.17) is 0 Å².